The van der Waals surface area contributed by atoms with Crippen LogP contribution in [0.4, 0.5) is 0 Å². The van der Waals surface area contributed by atoms with E-state index in [1.54, 1.807) is 12.1 Å². The molecule has 1 atom stereocenters. The fourth-order valence-corrected chi connectivity index (χ4v) is 3.56. The standard InChI is InChI=1S/C19H26N4O2/c1-2-15(20-18(24)12-11-14-7-3-4-8-14)13-23-19(25)16-9-5-6-10-17(16)21-22-23/h5-6,9-10,14-15H,2-4,7-8,11-13H2,1H3,(H,20,24)/t15-/m0/s1. The van der Waals surface area contributed by atoms with Crippen molar-refractivity contribution in [3.8, 4) is 0 Å². The second kappa shape index (κ2) is 8.23. The van der Waals surface area contributed by atoms with Crippen molar-refractivity contribution in [3.63, 3.8) is 0 Å². The van der Waals surface area contributed by atoms with E-state index in [1.807, 2.05) is 19.1 Å². The van der Waals surface area contributed by atoms with Crippen molar-refractivity contribution in [1.29, 1.82) is 0 Å². The van der Waals surface area contributed by atoms with Crippen LogP contribution in [0, 0.1) is 5.92 Å². The minimum absolute atomic E-state index is 0.0700. The van der Waals surface area contributed by atoms with Crippen LogP contribution in [0.2, 0.25) is 0 Å². The lowest BCUT2D eigenvalue weighted by Crippen LogP contribution is -2.40. The van der Waals surface area contributed by atoms with Gasteiger partial charge in [0.05, 0.1) is 11.9 Å². The van der Waals surface area contributed by atoms with Gasteiger partial charge >= 0.3 is 0 Å². The Balaban J connectivity index is 1.60. The van der Waals surface area contributed by atoms with Gasteiger partial charge < -0.3 is 5.32 Å². The van der Waals surface area contributed by atoms with Crippen LogP contribution in [0.1, 0.15) is 51.9 Å². The van der Waals surface area contributed by atoms with Gasteiger partial charge in [-0.3, -0.25) is 9.59 Å². The summed E-state index contributed by atoms with van der Waals surface area (Å²) in [6, 6.07) is 7.07. The Hall–Kier alpha value is -2.24. The van der Waals surface area contributed by atoms with Crippen molar-refractivity contribution in [2.24, 2.45) is 5.92 Å². The largest absolute Gasteiger partial charge is 0.352 e. The fourth-order valence-electron chi connectivity index (χ4n) is 3.56. The van der Waals surface area contributed by atoms with E-state index in [4.69, 9.17) is 0 Å². The van der Waals surface area contributed by atoms with E-state index in [-0.39, 0.29) is 17.5 Å². The van der Waals surface area contributed by atoms with E-state index in [9.17, 15) is 9.59 Å². The van der Waals surface area contributed by atoms with Gasteiger partial charge in [0.25, 0.3) is 5.56 Å². The van der Waals surface area contributed by atoms with Crippen LogP contribution < -0.4 is 10.9 Å². The van der Waals surface area contributed by atoms with Gasteiger partial charge in [0.1, 0.15) is 5.52 Å². The van der Waals surface area contributed by atoms with Crippen LogP contribution in [0.25, 0.3) is 10.9 Å². The molecule has 1 aliphatic carbocycles. The summed E-state index contributed by atoms with van der Waals surface area (Å²) in [5.74, 6) is 0.778. The van der Waals surface area contributed by atoms with Crippen LogP contribution in [0.5, 0.6) is 0 Å². The zero-order chi connectivity index (χ0) is 17.6. The molecule has 1 aromatic carbocycles. The molecule has 1 aliphatic rings. The molecule has 0 aliphatic heterocycles. The smallest absolute Gasteiger partial charge is 0.277 e. The van der Waals surface area contributed by atoms with Crippen molar-refractivity contribution in [1.82, 2.24) is 20.3 Å². The normalized spacial score (nSPS) is 16.2. The lowest BCUT2D eigenvalue weighted by molar-refractivity contribution is -0.122. The molecule has 0 spiro atoms. The molecule has 6 nitrogen and oxygen atoms in total. The lowest BCUT2D eigenvalue weighted by atomic mass is 10.0. The number of benzene rings is 1. The monoisotopic (exact) mass is 342 g/mol. The minimum atomic E-state index is -0.163. The summed E-state index contributed by atoms with van der Waals surface area (Å²) in [6.45, 7) is 2.35. The maximum absolute atomic E-state index is 12.5. The average molecular weight is 342 g/mol. The Bertz CT molecular complexity index is 780. The summed E-state index contributed by atoms with van der Waals surface area (Å²) >= 11 is 0. The number of aromatic nitrogens is 3. The molecule has 1 heterocycles. The van der Waals surface area contributed by atoms with Crippen LogP contribution in [0.3, 0.4) is 0 Å². The predicted molar refractivity (Wildman–Crippen MR) is 97.2 cm³/mol. The van der Waals surface area contributed by atoms with E-state index in [0.29, 0.717) is 29.8 Å². The van der Waals surface area contributed by atoms with Crippen molar-refractivity contribution >= 4 is 16.8 Å². The average Bonchev–Trinajstić information content (AvgIpc) is 3.15. The van der Waals surface area contributed by atoms with Crippen molar-refractivity contribution < 1.29 is 4.79 Å². The van der Waals surface area contributed by atoms with Gasteiger partial charge in [0.15, 0.2) is 0 Å². The predicted octanol–water partition coefficient (Wildman–Crippen LogP) is 2.66. The van der Waals surface area contributed by atoms with Crippen molar-refractivity contribution in [2.45, 2.75) is 64.5 Å². The molecular formula is C19H26N4O2. The molecule has 0 radical (unpaired) electrons. The summed E-state index contributed by atoms with van der Waals surface area (Å²) < 4.78 is 1.35. The van der Waals surface area contributed by atoms with Gasteiger partial charge in [-0.05, 0) is 30.9 Å². The highest BCUT2D eigenvalue weighted by molar-refractivity contribution is 5.77. The van der Waals surface area contributed by atoms with E-state index >= 15 is 0 Å². The van der Waals surface area contributed by atoms with Gasteiger partial charge in [0, 0.05) is 12.5 Å². The molecule has 1 aromatic heterocycles. The van der Waals surface area contributed by atoms with E-state index in [2.05, 4.69) is 15.6 Å². The second-order valence-electron chi connectivity index (χ2n) is 6.96. The van der Waals surface area contributed by atoms with Crippen LogP contribution >= 0.6 is 0 Å². The van der Waals surface area contributed by atoms with E-state index in [1.165, 1.54) is 30.4 Å². The van der Waals surface area contributed by atoms with Gasteiger partial charge in [0.2, 0.25) is 5.91 Å². The number of rotatable bonds is 7. The number of amides is 1. The summed E-state index contributed by atoms with van der Waals surface area (Å²) in [5.41, 5.74) is 0.432. The molecule has 1 amide bonds. The highest BCUT2D eigenvalue weighted by Crippen LogP contribution is 2.28. The van der Waals surface area contributed by atoms with Gasteiger partial charge in [-0.15, -0.1) is 5.10 Å². The Morgan fingerprint density at radius 2 is 2.08 bits per heavy atom. The number of nitrogens with zero attached hydrogens (tertiary/aromatic N) is 3. The number of nitrogens with one attached hydrogen (secondary N) is 1. The quantitative estimate of drug-likeness (QED) is 0.839. The molecule has 25 heavy (non-hydrogen) atoms. The SMILES string of the molecule is CC[C@@H](Cn1nnc2ccccc2c1=O)NC(=O)CCC1CCCC1. The van der Waals surface area contributed by atoms with Crippen LogP contribution in [0.15, 0.2) is 29.1 Å². The van der Waals surface area contributed by atoms with E-state index < -0.39 is 0 Å². The Morgan fingerprint density at radius 1 is 1.32 bits per heavy atom. The molecule has 1 fully saturated rings. The molecule has 1 N–H and O–H groups in total. The summed E-state index contributed by atoms with van der Waals surface area (Å²) in [5, 5.41) is 11.7. The van der Waals surface area contributed by atoms with Crippen LogP contribution in [-0.2, 0) is 11.3 Å². The maximum Gasteiger partial charge on any atom is 0.277 e. The molecule has 1 saturated carbocycles. The van der Waals surface area contributed by atoms with Gasteiger partial charge in [-0.1, -0.05) is 50.0 Å². The topological polar surface area (TPSA) is 76.9 Å². The Kier molecular flexibility index (Phi) is 5.79. The molecular weight excluding hydrogens is 316 g/mol. The number of hydrogen-bond donors (Lipinski definition) is 1. The third kappa shape index (κ3) is 4.44. The van der Waals surface area contributed by atoms with Crippen molar-refractivity contribution in [2.75, 3.05) is 0 Å². The first-order valence-corrected chi connectivity index (χ1v) is 9.29. The number of fused-ring (bicyclic) bond motifs is 1. The zero-order valence-corrected chi connectivity index (χ0v) is 14.8. The molecule has 6 heteroatoms. The first-order chi connectivity index (χ1) is 12.2. The van der Waals surface area contributed by atoms with Gasteiger partial charge in [-0.2, -0.15) is 0 Å². The van der Waals surface area contributed by atoms with Crippen LogP contribution in [-0.4, -0.2) is 26.9 Å². The number of carbonyl (C=O) groups is 1. The summed E-state index contributed by atoms with van der Waals surface area (Å²) in [4.78, 5) is 24.7. The van der Waals surface area contributed by atoms with Crippen molar-refractivity contribution in [3.05, 3.63) is 34.6 Å². The number of hydrogen-bond acceptors (Lipinski definition) is 4. The highest BCUT2D eigenvalue weighted by atomic mass is 16.2. The third-order valence-electron chi connectivity index (χ3n) is 5.13. The van der Waals surface area contributed by atoms with Gasteiger partial charge in [-0.25, -0.2) is 4.68 Å². The molecule has 134 valence electrons. The number of carbonyl (C=O) groups excluding carboxylic acids is 1. The molecule has 3 rings (SSSR count). The molecule has 0 unspecified atom stereocenters. The molecule has 2 aromatic rings. The molecule has 0 saturated heterocycles. The Labute approximate surface area is 147 Å². The molecule has 0 bridgehead atoms. The third-order valence-corrected chi connectivity index (χ3v) is 5.13. The fraction of sp³-hybridized carbons (Fsp3) is 0.579. The van der Waals surface area contributed by atoms with E-state index in [0.717, 1.165) is 12.8 Å². The highest BCUT2D eigenvalue weighted by Gasteiger charge is 2.18. The first-order valence-electron chi connectivity index (χ1n) is 9.29. The summed E-state index contributed by atoms with van der Waals surface area (Å²) in [6.07, 6.45) is 7.40. The minimum Gasteiger partial charge on any atom is -0.352 e. The summed E-state index contributed by atoms with van der Waals surface area (Å²) in [7, 11) is 0. The first kappa shape index (κ1) is 17.6. The lowest BCUT2D eigenvalue weighted by Gasteiger charge is -2.18. The maximum atomic E-state index is 12.5. The zero-order valence-electron chi connectivity index (χ0n) is 14.8. The Morgan fingerprint density at radius 3 is 2.84 bits per heavy atom. The second-order valence-corrected chi connectivity index (χ2v) is 6.96.